The maximum Gasteiger partial charge on any atom is 0.320 e. The highest BCUT2D eigenvalue weighted by atomic mass is 32.2. The Balaban J connectivity index is 0.000000400. The minimum atomic E-state index is -1.57. The zero-order valence-electron chi connectivity index (χ0n) is 11.6. The molecule has 1 aliphatic rings. The summed E-state index contributed by atoms with van der Waals surface area (Å²) in [5.74, 6) is -0.1000. The van der Waals surface area contributed by atoms with Crippen molar-refractivity contribution in [1.82, 2.24) is 0 Å². The molecule has 2 unspecified atom stereocenters. The van der Waals surface area contributed by atoms with Gasteiger partial charge in [-0.15, -0.1) is 0 Å². The molecule has 0 aliphatic carbocycles. The maximum atomic E-state index is 10.1. The molecule has 21 heavy (non-hydrogen) atoms. The highest BCUT2D eigenvalue weighted by Crippen LogP contribution is 2.18. The third-order valence-electron chi connectivity index (χ3n) is 2.82. The van der Waals surface area contributed by atoms with Crippen molar-refractivity contribution in [3.63, 3.8) is 0 Å². The predicted molar refractivity (Wildman–Crippen MR) is 74.6 cm³/mol. The average Bonchev–Trinajstić information content (AvgIpc) is 2.46. The van der Waals surface area contributed by atoms with Crippen LogP contribution in [0, 0.1) is 0 Å². The number of hydrogen-bond donors (Lipinski definition) is 7. The molecular weight excluding hydrogens is 306 g/mol. The predicted octanol–water partition coefficient (Wildman–Crippen LogP) is -3.07. The molecule has 0 saturated carbocycles. The van der Waals surface area contributed by atoms with Crippen LogP contribution in [0.15, 0.2) is 0 Å². The van der Waals surface area contributed by atoms with E-state index in [1.807, 2.05) is 6.26 Å². The molecule has 8 N–H and O–H groups in total. The van der Waals surface area contributed by atoms with Gasteiger partial charge in [0.15, 0.2) is 6.29 Å². The van der Waals surface area contributed by atoms with Crippen LogP contribution in [0.2, 0.25) is 0 Å². The molecule has 1 heterocycles. The number of carbonyl (C=O) groups is 1. The van der Waals surface area contributed by atoms with Gasteiger partial charge < -0.3 is 41.1 Å². The van der Waals surface area contributed by atoms with Gasteiger partial charge in [-0.05, 0) is 18.4 Å². The Labute approximate surface area is 126 Å². The van der Waals surface area contributed by atoms with Gasteiger partial charge in [-0.2, -0.15) is 11.8 Å². The lowest BCUT2D eigenvalue weighted by Crippen LogP contribution is -2.58. The number of nitrogens with two attached hydrogens (primary N) is 1. The molecule has 0 spiro atoms. The van der Waals surface area contributed by atoms with E-state index in [0.717, 1.165) is 5.75 Å². The Bertz CT molecular complexity index is 303. The number of ether oxygens (including phenoxy) is 1. The summed E-state index contributed by atoms with van der Waals surface area (Å²) < 4.78 is 4.58. The van der Waals surface area contributed by atoms with E-state index >= 15 is 0 Å². The van der Waals surface area contributed by atoms with Crippen LogP contribution in [0.1, 0.15) is 6.42 Å². The topological polar surface area (TPSA) is 174 Å². The first-order valence-electron chi connectivity index (χ1n) is 6.22. The molecule has 6 atom stereocenters. The van der Waals surface area contributed by atoms with Crippen LogP contribution in [0.4, 0.5) is 0 Å². The lowest BCUT2D eigenvalue weighted by Gasteiger charge is -2.37. The summed E-state index contributed by atoms with van der Waals surface area (Å²) in [4.78, 5) is 10.1. The number of aliphatic carboxylic acids is 1. The zero-order valence-corrected chi connectivity index (χ0v) is 12.4. The standard InChI is InChI=1S/C6H12O6.C5H11NO2S/c7-1-2-3(8)4(9)5(10)6(11)12-2;1-9-3-2-4(6)5(7)8/h2-11H,1H2;4H,2-3,6H2,1H3,(H,7,8)/t2-,3-,4+,5-,6?;/m1./s1. The number of aliphatic hydroxyl groups is 5. The van der Waals surface area contributed by atoms with Crippen molar-refractivity contribution in [3.05, 3.63) is 0 Å². The second-order valence-electron chi connectivity index (χ2n) is 4.45. The van der Waals surface area contributed by atoms with Gasteiger partial charge >= 0.3 is 5.97 Å². The second-order valence-corrected chi connectivity index (χ2v) is 5.43. The number of thioether (sulfide) groups is 1. The quantitative estimate of drug-likeness (QED) is 0.274. The van der Waals surface area contributed by atoms with E-state index in [0.29, 0.717) is 6.42 Å². The third-order valence-corrected chi connectivity index (χ3v) is 3.46. The summed E-state index contributed by atoms with van der Waals surface area (Å²) in [6, 6.07) is -0.683. The highest BCUT2D eigenvalue weighted by molar-refractivity contribution is 7.98. The first-order chi connectivity index (χ1) is 9.76. The van der Waals surface area contributed by atoms with Crippen molar-refractivity contribution in [1.29, 1.82) is 0 Å². The minimum Gasteiger partial charge on any atom is -0.480 e. The van der Waals surface area contributed by atoms with Crippen molar-refractivity contribution < 1.29 is 40.2 Å². The Kier molecular flexibility index (Phi) is 10.1. The molecule has 0 aromatic rings. The van der Waals surface area contributed by atoms with Gasteiger partial charge in [0.05, 0.1) is 6.61 Å². The summed E-state index contributed by atoms with van der Waals surface area (Å²) in [6.07, 6.45) is -4.56. The summed E-state index contributed by atoms with van der Waals surface area (Å²) in [5, 5.41) is 52.9. The summed E-state index contributed by atoms with van der Waals surface area (Å²) in [7, 11) is 0. The molecule has 1 saturated heterocycles. The van der Waals surface area contributed by atoms with Gasteiger partial charge in [-0.25, -0.2) is 0 Å². The van der Waals surface area contributed by atoms with Crippen LogP contribution >= 0.6 is 11.8 Å². The van der Waals surface area contributed by atoms with E-state index in [1.54, 1.807) is 11.8 Å². The Hall–Kier alpha value is -0.460. The van der Waals surface area contributed by atoms with Gasteiger partial charge in [-0.3, -0.25) is 4.79 Å². The van der Waals surface area contributed by atoms with Crippen molar-refractivity contribution in [2.75, 3.05) is 18.6 Å². The second kappa shape index (κ2) is 10.3. The fourth-order valence-electron chi connectivity index (χ4n) is 1.45. The van der Waals surface area contributed by atoms with Crippen LogP contribution in [0.3, 0.4) is 0 Å². The molecule has 0 radical (unpaired) electrons. The molecule has 10 heteroatoms. The van der Waals surface area contributed by atoms with E-state index in [4.69, 9.17) is 36.4 Å². The van der Waals surface area contributed by atoms with Crippen molar-refractivity contribution in [2.24, 2.45) is 5.73 Å². The zero-order chi connectivity index (χ0) is 16.6. The lowest BCUT2D eigenvalue weighted by molar-refractivity contribution is -0.286. The van der Waals surface area contributed by atoms with Crippen molar-refractivity contribution in [3.8, 4) is 0 Å². The number of aliphatic hydroxyl groups excluding tert-OH is 5. The molecule has 0 amide bonds. The molecule has 126 valence electrons. The van der Waals surface area contributed by atoms with E-state index < -0.39 is 49.3 Å². The van der Waals surface area contributed by atoms with Gasteiger partial charge in [0, 0.05) is 0 Å². The Morgan fingerprint density at radius 2 is 1.81 bits per heavy atom. The fraction of sp³-hybridized carbons (Fsp3) is 0.909. The Morgan fingerprint density at radius 1 is 1.24 bits per heavy atom. The smallest absolute Gasteiger partial charge is 0.320 e. The average molecular weight is 329 g/mol. The molecule has 0 aromatic carbocycles. The number of carboxylic acids is 1. The number of carboxylic acid groups (broad SMARTS) is 1. The highest BCUT2D eigenvalue weighted by Gasteiger charge is 2.42. The first kappa shape index (κ1) is 20.5. The van der Waals surface area contributed by atoms with E-state index in [9.17, 15) is 4.79 Å². The number of hydrogen-bond acceptors (Lipinski definition) is 9. The van der Waals surface area contributed by atoms with E-state index in [1.165, 1.54) is 0 Å². The maximum absolute atomic E-state index is 10.1. The fourth-order valence-corrected chi connectivity index (χ4v) is 1.94. The normalized spacial score (nSPS) is 33.8. The Morgan fingerprint density at radius 3 is 2.24 bits per heavy atom. The van der Waals surface area contributed by atoms with Crippen LogP contribution in [-0.4, -0.2) is 92.0 Å². The summed E-state index contributed by atoms with van der Waals surface area (Å²) in [5.41, 5.74) is 5.19. The van der Waals surface area contributed by atoms with Gasteiger partial charge in [0.25, 0.3) is 0 Å². The molecule has 1 rings (SSSR count). The molecule has 1 fully saturated rings. The van der Waals surface area contributed by atoms with Gasteiger partial charge in [-0.1, -0.05) is 0 Å². The van der Waals surface area contributed by atoms with Crippen LogP contribution in [0.5, 0.6) is 0 Å². The van der Waals surface area contributed by atoms with E-state index in [-0.39, 0.29) is 0 Å². The van der Waals surface area contributed by atoms with E-state index in [2.05, 4.69) is 4.74 Å². The molecular formula is C11H23NO8S. The minimum absolute atomic E-state index is 0.526. The van der Waals surface area contributed by atoms with Gasteiger partial charge in [0.2, 0.25) is 0 Å². The molecule has 0 aromatic heterocycles. The third kappa shape index (κ3) is 6.89. The van der Waals surface area contributed by atoms with Gasteiger partial charge in [0.1, 0.15) is 30.5 Å². The van der Waals surface area contributed by atoms with Crippen LogP contribution in [0.25, 0.3) is 0 Å². The number of rotatable bonds is 5. The van der Waals surface area contributed by atoms with Crippen LogP contribution in [-0.2, 0) is 9.53 Å². The summed E-state index contributed by atoms with van der Waals surface area (Å²) >= 11 is 1.60. The van der Waals surface area contributed by atoms with Crippen molar-refractivity contribution >= 4 is 17.7 Å². The lowest BCUT2D eigenvalue weighted by atomic mass is 10.00. The summed E-state index contributed by atoms with van der Waals surface area (Å²) in [6.45, 7) is -0.526. The molecule has 1 aliphatic heterocycles. The van der Waals surface area contributed by atoms with Crippen molar-refractivity contribution in [2.45, 2.75) is 43.2 Å². The molecule has 9 nitrogen and oxygen atoms in total. The SMILES string of the molecule is CSCCC(N)C(=O)O.OC[C@H]1OC(O)[C@H](O)[C@@H](O)[C@@H]1O. The largest absolute Gasteiger partial charge is 0.480 e. The van der Waals surface area contributed by atoms with Crippen LogP contribution < -0.4 is 5.73 Å². The first-order valence-corrected chi connectivity index (χ1v) is 7.61. The molecule has 0 bridgehead atoms. The monoisotopic (exact) mass is 329 g/mol.